The van der Waals surface area contributed by atoms with E-state index in [1.54, 1.807) is 0 Å². The Bertz CT molecular complexity index is 94.4. The summed E-state index contributed by atoms with van der Waals surface area (Å²) in [5, 5.41) is 0. The molecule has 2 nitrogen and oxygen atoms in total. The highest BCUT2D eigenvalue weighted by Gasteiger charge is 2.02. The lowest BCUT2D eigenvalue weighted by Gasteiger charge is -2.03. The molecule has 0 aromatic heterocycles. The molecule has 46 valence electrons. The summed E-state index contributed by atoms with van der Waals surface area (Å²) in [5.74, 6) is 0. The van der Waals surface area contributed by atoms with Gasteiger partial charge in [0, 0.05) is 0 Å². The Balaban J connectivity index is 2.30. The molecular weight excluding hydrogens is 118 g/mol. The van der Waals surface area contributed by atoms with Crippen molar-refractivity contribution in [2.75, 3.05) is 0 Å². The zero-order valence-corrected chi connectivity index (χ0v) is 6.29. The first-order valence-electron chi connectivity index (χ1n) is 3.07. The zero-order chi connectivity index (χ0) is 5.82. The maximum atomic E-state index is 5.06. The molecule has 0 spiro atoms. The lowest BCUT2D eigenvalue weighted by Crippen LogP contribution is -2.00. The van der Waals surface area contributed by atoms with E-state index in [0.717, 1.165) is 0 Å². The van der Waals surface area contributed by atoms with E-state index in [4.69, 9.17) is 4.84 Å². The summed E-state index contributed by atoms with van der Waals surface area (Å²) in [6.45, 7) is 2.08. The van der Waals surface area contributed by atoms with Crippen molar-refractivity contribution >= 4 is 9.31 Å². The SMILES string of the molecule is CC1CCC[SiH]=NO1. The van der Waals surface area contributed by atoms with Crippen LogP contribution in [0.25, 0.3) is 0 Å². The van der Waals surface area contributed by atoms with Crippen LogP contribution in [0.15, 0.2) is 4.80 Å². The van der Waals surface area contributed by atoms with Crippen molar-refractivity contribution in [2.24, 2.45) is 4.80 Å². The van der Waals surface area contributed by atoms with E-state index >= 15 is 0 Å². The van der Waals surface area contributed by atoms with E-state index < -0.39 is 0 Å². The summed E-state index contributed by atoms with van der Waals surface area (Å²) < 4.78 is 0. The van der Waals surface area contributed by atoms with Gasteiger partial charge in [-0.2, -0.15) is 4.80 Å². The molecule has 1 aliphatic heterocycles. The van der Waals surface area contributed by atoms with Crippen LogP contribution in [-0.2, 0) is 4.84 Å². The lowest BCUT2D eigenvalue weighted by atomic mass is 10.2. The topological polar surface area (TPSA) is 21.6 Å². The highest BCUT2D eigenvalue weighted by atomic mass is 28.2. The van der Waals surface area contributed by atoms with E-state index in [2.05, 4.69) is 11.7 Å². The standard InChI is InChI=1S/C5H11NOSi/c1-5-3-2-4-8-6-7-5/h5,8H,2-4H2,1H3. The molecule has 0 amide bonds. The van der Waals surface area contributed by atoms with Crippen molar-refractivity contribution in [1.82, 2.24) is 0 Å². The third kappa shape index (κ3) is 1.74. The molecule has 0 aliphatic carbocycles. The highest BCUT2D eigenvalue weighted by molar-refractivity contribution is 6.21. The van der Waals surface area contributed by atoms with Gasteiger partial charge in [-0.25, -0.2) is 0 Å². The van der Waals surface area contributed by atoms with Gasteiger partial charge in [-0.05, 0) is 25.8 Å². The van der Waals surface area contributed by atoms with Gasteiger partial charge in [0.25, 0.3) is 0 Å². The molecule has 1 rings (SSSR count). The van der Waals surface area contributed by atoms with Gasteiger partial charge >= 0.3 is 0 Å². The molecule has 0 N–H and O–H groups in total. The predicted molar refractivity (Wildman–Crippen MR) is 34.2 cm³/mol. The van der Waals surface area contributed by atoms with E-state index in [1.165, 1.54) is 18.9 Å². The van der Waals surface area contributed by atoms with E-state index in [9.17, 15) is 0 Å². The first-order chi connectivity index (χ1) is 3.89. The fourth-order valence-electron chi connectivity index (χ4n) is 0.749. The maximum absolute atomic E-state index is 5.06. The van der Waals surface area contributed by atoms with Crippen LogP contribution in [0.3, 0.4) is 0 Å². The number of nitrogens with zero attached hydrogens (tertiary/aromatic N) is 1. The average molecular weight is 129 g/mol. The van der Waals surface area contributed by atoms with Crippen LogP contribution >= 0.6 is 0 Å². The molecule has 0 aromatic rings. The summed E-state index contributed by atoms with van der Waals surface area (Å²) in [6, 6.07) is 1.28. The maximum Gasteiger partial charge on any atom is 0.164 e. The van der Waals surface area contributed by atoms with Gasteiger partial charge in [0.15, 0.2) is 9.31 Å². The summed E-state index contributed by atoms with van der Waals surface area (Å²) in [4.78, 5) is 9.00. The molecule has 3 heteroatoms. The monoisotopic (exact) mass is 129 g/mol. The molecule has 0 saturated heterocycles. The van der Waals surface area contributed by atoms with Gasteiger partial charge in [-0.15, -0.1) is 0 Å². The van der Waals surface area contributed by atoms with Gasteiger partial charge in [-0.1, -0.05) is 0 Å². The Hall–Kier alpha value is -0.183. The van der Waals surface area contributed by atoms with E-state index in [-0.39, 0.29) is 9.31 Å². The predicted octanol–water partition coefficient (Wildman–Crippen LogP) is 1.14. The van der Waals surface area contributed by atoms with Crippen LogP contribution in [0.1, 0.15) is 19.8 Å². The number of hydrogen-bond acceptors (Lipinski definition) is 2. The van der Waals surface area contributed by atoms with Crippen LogP contribution in [0.2, 0.25) is 6.04 Å². The zero-order valence-electron chi connectivity index (χ0n) is 5.13. The quantitative estimate of drug-likeness (QED) is 0.449. The molecule has 8 heavy (non-hydrogen) atoms. The van der Waals surface area contributed by atoms with Crippen molar-refractivity contribution in [3.05, 3.63) is 0 Å². The molecule has 0 aromatic carbocycles. The lowest BCUT2D eigenvalue weighted by molar-refractivity contribution is 0.0725. The minimum absolute atomic E-state index is 0.264. The van der Waals surface area contributed by atoms with Crippen LogP contribution in [0.4, 0.5) is 0 Å². The van der Waals surface area contributed by atoms with Gasteiger partial charge < -0.3 is 4.84 Å². The van der Waals surface area contributed by atoms with Gasteiger partial charge in [0.05, 0.1) is 0 Å². The normalized spacial score (nSPS) is 28.9. The second-order valence-corrected chi connectivity index (χ2v) is 3.29. The van der Waals surface area contributed by atoms with E-state index in [1.807, 2.05) is 0 Å². The summed E-state index contributed by atoms with van der Waals surface area (Å²) in [5.41, 5.74) is 0. The van der Waals surface area contributed by atoms with Gasteiger partial charge in [-0.3, -0.25) is 0 Å². The smallest absolute Gasteiger partial charge is 0.164 e. The third-order valence-electron chi connectivity index (χ3n) is 1.26. The Morgan fingerprint density at radius 3 is 3.50 bits per heavy atom. The Morgan fingerprint density at radius 2 is 2.62 bits per heavy atom. The highest BCUT2D eigenvalue weighted by Crippen LogP contribution is 2.06. The molecule has 1 heterocycles. The molecule has 0 radical (unpaired) electrons. The molecule has 1 atom stereocenters. The van der Waals surface area contributed by atoms with Crippen molar-refractivity contribution in [3.8, 4) is 0 Å². The second kappa shape index (κ2) is 2.97. The Labute approximate surface area is 51.7 Å². The van der Waals surface area contributed by atoms with Gasteiger partial charge in [0.2, 0.25) is 0 Å². The molecule has 1 unspecified atom stereocenters. The fraction of sp³-hybridized carbons (Fsp3) is 1.00. The molecule has 0 fully saturated rings. The van der Waals surface area contributed by atoms with Crippen LogP contribution in [0.5, 0.6) is 0 Å². The minimum atomic E-state index is 0.264. The van der Waals surface area contributed by atoms with Gasteiger partial charge in [0.1, 0.15) is 6.10 Å². The first kappa shape index (κ1) is 5.94. The molecular formula is C5H11NOSi. The van der Waals surface area contributed by atoms with Crippen molar-refractivity contribution in [2.45, 2.75) is 31.9 Å². The Morgan fingerprint density at radius 1 is 1.75 bits per heavy atom. The van der Waals surface area contributed by atoms with Crippen molar-refractivity contribution in [1.29, 1.82) is 0 Å². The largest absolute Gasteiger partial charge is 0.404 e. The molecule has 0 saturated carbocycles. The van der Waals surface area contributed by atoms with Crippen LogP contribution in [-0.4, -0.2) is 15.4 Å². The van der Waals surface area contributed by atoms with Crippen molar-refractivity contribution in [3.63, 3.8) is 0 Å². The third-order valence-corrected chi connectivity index (χ3v) is 2.20. The average Bonchev–Trinajstić information content (AvgIpc) is 1.94. The van der Waals surface area contributed by atoms with E-state index in [0.29, 0.717) is 6.10 Å². The van der Waals surface area contributed by atoms with Crippen molar-refractivity contribution < 1.29 is 4.84 Å². The molecule has 0 bridgehead atoms. The summed E-state index contributed by atoms with van der Waals surface area (Å²) in [7, 11) is 0.264. The van der Waals surface area contributed by atoms with Crippen LogP contribution in [0, 0.1) is 0 Å². The van der Waals surface area contributed by atoms with Crippen LogP contribution < -0.4 is 0 Å². The number of rotatable bonds is 0. The summed E-state index contributed by atoms with van der Waals surface area (Å²) >= 11 is 0. The second-order valence-electron chi connectivity index (χ2n) is 2.13. The first-order valence-corrected chi connectivity index (χ1v) is 4.40. The minimum Gasteiger partial charge on any atom is -0.404 e. The number of hydrogen-bond donors (Lipinski definition) is 0. The Kier molecular flexibility index (Phi) is 2.20. The molecule has 1 aliphatic rings. The fourth-order valence-corrected chi connectivity index (χ4v) is 1.57. The summed E-state index contributed by atoms with van der Waals surface area (Å²) in [6.07, 6.45) is 2.88.